The van der Waals surface area contributed by atoms with Crippen molar-refractivity contribution in [3.05, 3.63) is 109 Å². The minimum atomic E-state index is -0.546. The number of hydrogen-bond donors (Lipinski definition) is 0. The van der Waals surface area contributed by atoms with Gasteiger partial charge >= 0.3 is 5.97 Å². The van der Waals surface area contributed by atoms with Gasteiger partial charge in [0, 0.05) is 16.1 Å². The topological polar surface area (TPSA) is 107 Å². The number of halogens is 1. The highest BCUT2D eigenvalue weighted by molar-refractivity contribution is 9.10. The largest absolute Gasteiger partial charge is 0.423 e. The van der Waals surface area contributed by atoms with E-state index in [1.807, 2.05) is 0 Å². The first-order chi connectivity index (χ1) is 16.3. The molecule has 0 radical (unpaired) electrons. The predicted octanol–water partition coefficient (Wildman–Crippen LogP) is 5.81. The van der Waals surface area contributed by atoms with E-state index < -0.39 is 22.0 Å². The van der Waals surface area contributed by atoms with Crippen molar-refractivity contribution in [1.82, 2.24) is 4.90 Å². The van der Waals surface area contributed by atoms with Crippen molar-refractivity contribution in [2.24, 2.45) is 0 Å². The van der Waals surface area contributed by atoms with Crippen molar-refractivity contribution in [3.63, 3.8) is 0 Å². The fourth-order valence-corrected chi connectivity index (χ4v) is 4.43. The van der Waals surface area contributed by atoms with E-state index in [-0.39, 0.29) is 22.7 Å². The van der Waals surface area contributed by atoms with Crippen LogP contribution in [0.2, 0.25) is 0 Å². The number of amides is 2. The Bertz CT molecular complexity index is 1340. The molecule has 2 amide bonds. The summed E-state index contributed by atoms with van der Waals surface area (Å²) in [4.78, 5) is 49.3. The standard InChI is InChI=1S/C24H15BrN2O6S/c25-18-6-3-5-16(13-18)23(29)33-19-10-8-15(9-11-19)12-21-22(28)26(24(30)34-21)14-17-4-1-2-7-20(17)27(31)32/h1-13H,14H2/b21-12-. The van der Waals surface area contributed by atoms with E-state index >= 15 is 0 Å². The lowest BCUT2D eigenvalue weighted by molar-refractivity contribution is -0.385. The van der Waals surface area contributed by atoms with Crippen LogP contribution in [0.25, 0.3) is 6.08 Å². The number of nitro benzene ring substituents is 1. The quantitative estimate of drug-likeness (QED) is 0.128. The van der Waals surface area contributed by atoms with Crippen molar-refractivity contribution < 1.29 is 24.0 Å². The van der Waals surface area contributed by atoms with Gasteiger partial charge in [0.15, 0.2) is 0 Å². The van der Waals surface area contributed by atoms with Crippen molar-refractivity contribution in [1.29, 1.82) is 0 Å². The van der Waals surface area contributed by atoms with Gasteiger partial charge in [-0.1, -0.05) is 52.3 Å². The van der Waals surface area contributed by atoms with Crippen molar-refractivity contribution in [2.45, 2.75) is 6.54 Å². The van der Waals surface area contributed by atoms with E-state index in [0.717, 1.165) is 21.1 Å². The number of ether oxygens (including phenoxy) is 1. The van der Waals surface area contributed by atoms with Crippen LogP contribution in [0.3, 0.4) is 0 Å². The van der Waals surface area contributed by atoms with Crippen LogP contribution in [0, 0.1) is 10.1 Å². The molecule has 3 aromatic rings. The van der Waals surface area contributed by atoms with Crippen LogP contribution in [-0.2, 0) is 11.3 Å². The maximum atomic E-state index is 12.8. The van der Waals surface area contributed by atoms with Crippen LogP contribution in [-0.4, -0.2) is 26.9 Å². The molecule has 0 atom stereocenters. The number of benzene rings is 3. The van der Waals surface area contributed by atoms with Gasteiger partial charge in [0.1, 0.15) is 5.75 Å². The molecule has 1 saturated heterocycles. The van der Waals surface area contributed by atoms with Crippen molar-refractivity contribution in [2.75, 3.05) is 0 Å². The van der Waals surface area contributed by atoms with Crippen LogP contribution in [0.4, 0.5) is 10.5 Å². The zero-order valence-electron chi connectivity index (χ0n) is 17.3. The predicted molar refractivity (Wildman–Crippen MR) is 130 cm³/mol. The summed E-state index contributed by atoms with van der Waals surface area (Å²) in [6.45, 7) is -0.191. The second-order valence-electron chi connectivity index (χ2n) is 7.12. The molecule has 10 heteroatoms. The number of esters is 1. The number of carbonyl (C=O) groups is 3. The molecule has 3 aromatic carbocycles. The van der Waals surface area contributed by atoms with Gasteiger partial charge in [-0.15, -0.1) is 0 Å². The summed E-state index contributed by atoms with van der Waals surface area (Å²) in [5, 5.41) is 10.7. The lowest BCUT2D eigenvalue weighted by Crippen LogP contribution is -2.27. The van der Waals surface area contributed by atoms with Gasteiger partial charge < -0.3 is 4.74 Å². The number of thioether (sulfide) groups is 1. The molecule has 34 heavy (non-hydrogen) atoms. The molecule has 170 valence electrons. The Labute approximate surface area is 206 Å². The van der Waals surface area contributed by atoms with Gasteiger partial charge in [0.25, 0.3) is 16.8 Å². The summed E-state index contributed by atoms with van der Waals surface area (Å²) in [6, 6.07) is 19.3. The Kier molecular flexibility index (Phi) is 6.90. The third-order valence-electron chi connectivity index (χ3n) is 4.84. The lowest BCUT2D eigenvalue weighted by Gasteiger charge is -2.12. The maximum Gasteiger partial charge on any atom is 0.343 e. The minimum Gasteiger partial charge on any atom is -0.423 e. The Hall–Kier alpha value is -3.76. The van der Waals surface area contributed by atoms with Crippen LogP contribution >= 0.6 is 27.7 Å². The molecule has 0 bridgehead atoms. The van der Waals surface area contributed by atoms with Gasteiger partial charge in [-0.3, -0.25) is 24.6 Å². The number of para-hydroxylation sites is 1. The second-order valence-corrected chi connectivity index (χ2v) is 9.03. The Balaban J connectivity index is 1.46. The van der Waals surface area contributed by atoms with Crippen LogP contribution in [0.5, 0.6) is 5.75 Å². The summed E-state index contributed by atoms with van der Waals surface area (Å²) in [5.41, 5.74) is 1.13. The average Bonchev–Trinajstić information content (AvgIpc) is 3.08. The zero-order valence-corrected chi connectivity index (χ0v) is 19.7. The second kappa shape index (κ2) is 10.0. The van der Waals surface area contributed by atoms with Gasteiger partial charge in [0.2, 0.25) is 0 Å². The summed E-state index contributed by atoms with van der Waals surface area (Å²) in [5.74, 6) is -0.713. The molecule has 4 rings (SSSR count). The molecule has 0 N–H and O–H groups in total. The SMILES string of the molecule is O=C(Oc1ccc(/C=C2\SC(=O)N(Cc3ccccc3[N+](=O)[O-])C2=O)cc1)c1cccc(Br)c1. The molecule has 0 aromatic heterocycles. The Morgan fingerprint density at radius 1 is 1.06 bits per heavy atom. The molecule has 0 spiro atoms. The number of carbonyl (C=O) groups excluding carboxylic acids is 3. The number of nitrogens with zero attached hydrogens (tertiary/aromatic N) is 2. The lowest BCUT2D eigenvalue weighted by atomic mass is 10.1. The van der Waals surface area contributed by atoms with E-state index in [1.165, 1.54) is 18.2 Å². The van der Waals surface area contributed by atoms with Gasteiger partial charge in [0.05, 0.1) is 21.9 Å². The van der Waals surface area contributed by atoms with Gasteiger partial charge in [-0.2, -0.15) is 0 Å². The molecule has 0 saturated carbocycles. The van der Waals surface area contributed by atoms with Crippen LogP contribution in [0.1, 0.15) is 21.5 Å². The molecule has 1 fully saturated rings. The number of hydrogen-bond acceptors (Lipinski definition) is 7. The molecule has 1 heterocycles. The normalized spacial score (nSPS) is 14.5. The number of nitro groups is 1. The summed E-state index contributed by atoms with van der Waals surface area (Å²) in [7, 11) is 0. The molecular weight excluding hydrogens is 524 g/mol. The first-order valence-corrected chi connectivity index (χ1v) is 11.5. The highest BCUT2D eigenvalue weighted by Crippen LogP contribution is 2.34. The molecular formula is C24H15BrN2O6S. The van der Waals surface area contributed by atoms with E-state index in [4.69, 9.17) is 4.74 Å². The highest BCUT2D eigenvalue weighted by atomic mass is 79.9. The zero-order chi connectivity index (χ0) is 24.2. The highest BCUT2D eigenvalue weighted by Gasteiger charge is 2.36. The Morgan fingerprint density at radius 3 is 2.50 bits per heavy atom. The van der Waals surface area contributed by atoms with E-state index in [2.05, 4.69) is 15.9 Å². The third-order valence-corrected chi connectivity index (χ3v) is 6.24. The van der Waals surface area contributed by atoms with Crippen molar-refractivity contribution in [3.8, 4) is 5.75 Å². The van der Waals surface area contributed by atoms with Crippen LogP contribution in [0.15, 0.2) is 82.2 Å². The van der Waals surface area contributed by atoms with E-state index in [0.29, 0.717) is 16.9 Å². The fourth-order valence-electron chi connectivity index (χ4n) is 3.19. The first kappa shape index (κ1) is 23.4. The van der Waals surface area contributed by atoms with Crippen molar-refractivity contribution >= 4 is 56.6 Å². The first-order valence-electron chi connectivity index (χ1n) is 9.87. The summed E-state index contributed by atoms with van der Waals surface area (Å²) < 4.78 is 6.12. The smallest absolute Gasteiger partial charge is 0.343 e. The molecule has 1 aliphatic heterocycles. The fraction of sp³-hybridized carbons (Fsp3) is 0.0417. The Morgan fingerprint density at radius 2 is 1.79 bits per heavy atom. The average molecular weight is 539 g/mol. The molecule has 0 unspecified atom stereocenters. The van der Waals surface area contributed by atoms with Crippen LogP contribution < -0.4 is 4.74 Å². The van der Waals surface area contributed by atoms with Gasteiger partial charge in [-0.25, -0.2) is 4.79 Å². The molecule has 1 aliphatic rings. The van der Waals surface area contributed by atoms with Gasteiger partial charge in [-0.05, 0) is 53.7 Å². The summed E-state index contributed by atoms with van der Waals surface area (Å²) in [6.07, 6.45) is 1.55. The number of rotatable bonds is 6. The minimum absolute atomic E-state index is 0.154. The van der Waals surface area contributed by atoms with E-state index in [1.54, 1.807) is 60.7 Å². The molecule has 8 nitrogen and oxygen atoms in total. The number of imide groups is 1. The third kappa shape index (κ3) is 5.24. The van der Waals surface area contributed by atoms with E-state index in [9.17, 15) is 24.5 Å². The molecule has 0 aliphatic carbocycles. The summed E-state index contributed by atoms with van der Waals surface area (Å²) >= 11 is 4.07. The maximum absolute atomic E-state index is 12.8. The monoisotopic (exact) mass is 538 g/mol.